The van der Waals surface area contributed by atoms with E-state index in [1.165, 1.54) is 4.90 Å². The minimum Gasteiger partial charge on any atom is -0.490 e. The summed E-state index contributed by atoms with van der Waals surface area (Å²) >= 11 is 1.69. The number of hydrogen-bond donors (Lipinski definition) is 1. The van der Waals surface area contributed by atoms with Crippen LogP contribution < -0.4 is 4.74 Å². The number of thioether (sulfide) groups is 1. The van der Waals surface area contributed by atoms with E-state index in [1.54, 1.807) is 18.7 Å². The first-order valence-electron chi connectivity index (χ1n) is 6.16. The molecule has 2 aromatic rings. The molecule has 1 atom stereocenters. The van der Waals surface area contributed by atoms with E-state index in [-0.39, 0.29) is 6.61 Å². The molecule has 100 valence electrons. The summed E-state index contributed by atoms with van der Waals surface area (Å²) in [6.45, 7) is 1.99. The molecule has 0 saturated heterocycles. The maximum absolute atomic E-state index is 10.4. The Morgan fingerprint density at radius 1 is 1.05 bits per heavy atom. The Bertz CT molecular complexity index is 506. The van der Waals surface area contributed by atoms with Gasteiger partial charge >= 0.3 is 0 Å². The van der Waals surface area contributed by atoms with Crippen molar-refractivity contribution in [3.63, 3.8) is 0 Å². The fourth-order valence-electron chi connectivity index (χ4n) is 1.78. The quantitative estimate of drug-likeness (QED) is 0.843. The van der Waals surface area contributed by atoms with Gasteiger partial charge in [0, 0.05) is 4.90 Å². The third-order valence-corrected chi connectivity index (χ3v) is 3.72. The fourth-order valence-corrected chi connectivity index (χ4v) is 2.18. The van der Waals surface area contributed by atoms with Crippen molar-refractivity contribution in [1.82, 2.24) is 0 Å². The highest BCUT2D eigenvalue weighted by Crippen LogP contribution is 2.23. The Labute approximate surface area is 118 Å². The summed E-state index contributed by atoms with van der Waals surface area (Å²) in [5.74, 6) is 0.772. The average Bonchev–Trinajstić information content (AvgIpc) is 2.47. The van der Waals surface area contributed by atoms with E-state index < -0.39 is 5.60 Å². The summed E-state index contributed by atoms with van der Waals surface area (Å²) in [7, 11) is 0. The number of benzene rings is 2. The SMILES string of the molecule is CSc1ccc(OCC(C)(O)c2ccccc2)cc1. The first-order chi connectivity index (χ1) is 9.12. The molecule has 0 heterocycles. The molecular weight excluding hydrogens is 256 g/mol. The Balaban J connectivity index is 2.01. The molecule has 3 heteroatoms. The number of ether oxygens (including phenoxy) is 1. The monoisotopic (exact) mass is 274 g/mol. The van der Waals surface area contributed by atoms with E-state index >= 15 is 0 Å². The van der Waals surface area contributed by atoms with E-state index in [0.29, 0.717) is 0 Å². The Hall–Kier alpha value is -1.45. The molecule has 2 aromatic carbocycles. The second-order valence-electron chi connectivity index (χ2n) is 4.60. The molecule has 0 spiro atoms. The van der Waals surface area contributed by atoms with Crippen molar-refractivity contribution in [2.45, 2.75) is 17.4 Å². The van der Waals surface area contributed by atoms with Crippen LogP contribution >= 0.6 is 11.8 Å². The number of rotatable bonds is 5. The highest BCUT2D eigenvalue weighted by Gasteiger charge is 2.23. The summed E-state index contributed by atoms with van der Waals surface area (Å²) < 4.78 is 5.67. The van der Waals surface area contributed by atoms with Crippen LogP contribution in [0.5, 0.6) is 5.75 Å². The predicted octanol–water partition coefficient (Wildman–Crippen LogP) is 3.70. The average molecular weight is 274 g/mol. The number of aliphatic hydroxyl groups is 1. The van der Waals surface area contributed by atoms with Crippen LogP contribution in [0.15, 0.2) is 59.5 Å². The van der Waals surface area contributed by atoms with Crippen LogP contribution in [0.25, 0.3) is 0 Å². The lowest BCUT2D eigenvalue weighted by molar-refractivity contribution is 0.00758. The van der Waals surface area contributed by atoms with Crippen molar-refractivity contribution < 1.29 is 9.84 Å². The zero-order valence-corrected chi connectivity index (χ0v) is 12.0. The Kier molecular flexibility index (Phi) is 4.51. The first-order valence-corrected chi connectivity index (χ1v) is 7.39. The summed E-state index contributed by atoms with van der Waals surface area (Å²) in [4.78, 5) is 1.20. The summed E-state index contributed by atoms with van der Waals surface area (Å²) in [6.07, 6.45) is 2.04. The van der Waals surface area contributed by atoms with Crippen LogP contribution in [-0.4, -0.2) is 18.0 Å². The van der Waals surface area contributed by atoms with Crippen LogP contribution in [0.3, 0.4) is 0 Å². The second-order valence-corrected chi connectivity index (χ2v) is 5.48. The van der Waals surface area contributed by atoms with Gasteiger partial charge in [-0.05, 0) is 43.0 Å². The highest BCUT2D eigenvalue weighted by molar-refractivity contribution is 7.98. The van der Waals surface area contributed by atoms with E-state index in [4.69, 9.17) is 4.74 Å². The fraction of sp³-hybridized carbons (Fsp3) is 0.250. The largest absolute Gasteiger partial charge is 0.490 e. The molecule has 0 aliphatic carbocycles. The molecule has 0 radical (unpaired) electrons. The van der Waals surface area contributed by atoms with Gasteiger partial charge in [-0.1, -0.05) is 30.3 Å². The van der Waals surface area contributed by atoms with Crippen molar-refractivity contribution in [2.75, 3.05) is 12.9 Å². The lowest BCUT2D eigenvalue weighted by atomic mass is 9.97. The Morgan fingerprint density at radius 3 is 2.26 bits per heavy atom. The van der Waals surface area contributed by atoms with E-state index in [1.807, 2.05) is 60.9 Å². The van der Waals surface area contributed by atoms with Crippen LogP contribution in [0, 0.1) is 0 Å². The van der Waals surface area contributed by atoms with Crippen LogP contribution in [-0.2, 0) is 5.60 Å². The minimum absolute atomic E-state index is 0.232. The van der Waals surface area contributed by atoms with E-state index in [2.05, 4.69) is 0 Å². The molecular formula is C16H18O2S. The van der Waals surface area contributed by atoms with Gasteiger partial charge in [0.05, 0.1) is 0 Å². The summed E-state index contributed by atoms with van der Waals surface area (Å²) in [5, 5.41) is 10.4. The smallest absolute Gasteiger partial charge is 0.121 e. The molecule has 1 unspecified atom stereocenters. The van der Waals surface area contributed by atoms with Crippen molar-refractivity contribution in [1.29, 1.82) is 0 Å². The van der Waals surface area contributed by atoms with Crippen molar-refractivity contribution in [3.8, 4) is 5.75 Å². The first kappa shape index (κ1) is 14.0. The van der Waals surface area contributed by atoms with Gasteiger partial charge in [-0.25, -0.2) is 0 Å². The third kappa shape index (κ3) is 3.75. The summed E-state index contributed by atoms with van der Waals surface area (Å²) in [5.41, 5.74) is -0.130. The second kappa shape index (κ2) is 6.13. The van der Waals surface area contributed by atoms with Gasteiger partial charge < -0.3 is 9.84 Å². The zero-order valence-electron chi connectivity index (χ0n) is 11.2. The predicted molar refractivity (Wildman–Crippen MR) is 79.7 cm³/mol. The molecule has 19 heavy (non-hydrogen) atoms. The standard InChI is InChI=1S/C16H18O2S/c1-16(17,13-6-4-3-5-7-13)12-18-14-8-10-15(19-2)11-9-14/h3-11,17H,12H2,1-2H3. The van der Waals surface area contributed by atoms with Crippen molar-refractivity contribution in [2.24, 2.45) is 0 Å². The molecule has 0 bridgehead atoms. The molecule has 0 aliphatic rings. The topological polar surface area (TPSA) is 29.5 Å². The van der Waals surface area contributed by atoms with Crippen LogP contribution in [0.1, 0.15) is 12.5 Å². The van der Waals surface area contributed by atoms with Crippen molar-refractivity contribution in [3.05, 3.63) is 60.2 Å². The molecule has 0 amide bonds. The maximum atomic E-state index is 10.4. The van der Waals surface area contributed by atoms with E-state index in [0.717, 1.165) is 11.3 Å². The molecule has 0 aliphatic heterocycles. The van der Waals surface area contributed by atoms with Gasteiger partial charge in [-0.3, -0.25) is 0 Å². The van der Waals surface area contributed by atoms with Gasteiger partial charge in [-0.2, -0.15) is 0 Å². The number of hydrogen-bond acceptors (Lipinski definition) is 3. The van der Waals surface area contributed by atoms with Gasteiger partial charge in [0.2, 0.25) is 0 Å². The van der Waals surface area contributed by atoms with Crippen LogP contribution in [0.2, 0.25) is 0 Å². The lowest BCUT2D eigenvalue weighted by Gasteiger charge is -2.24. The zero-order chi connectivity index (χ0) is 13.7. The maximum Gasteiger partial charge on any atom is 0.121 e. The van der Waals surface area contributed by atoms with Crippen LogP contribution in [0.4, 0.5) is 0 Å². The normalized spacial score (nSPS) is 13.8. The minimum atomic E-state index is -0.987. The van der Waals surface area contributed by atoms with Gasteiger partial charge in [0.1, 0.15) is 18.0 Å². The highest BCUT2D eigenvalue weighted by atomic mass is 32.2. The molecule has 1 N–H and O–H groups in total. The third-order valence-electron chi connectivity index (χ3n) is 2.98. The van der Waals surface area contributed by atoms with Gasteiger partial charge in [-0.15, -0.1) is 11.8 Å². The molecule has 2 nitrogen and oxygen atoms in total. The van der Waals surface area contributed by atoms with Gasteiger partial charge in [0.15, 0.2) is 0 Å². The molecule has 0 fully saturated rings. The molecule has 2 rings (SSSR count). The lowest BCUT2D eigenvalue weighted by Crippen LogP contribution is -2.29. The Morgan fingerprint density at radius 2 is 1.68 bits per heavy atom. The van der Waals surface area contributed by atoms with Crippen molar-refractivity contribution >= 4 is 11.8 Å². The summed E-state index contributed by atoms with van der Waals surface area (Å²) in [6, 6.07) is 17.4. The van der Waals surface area contributed by atoms with E-state index in [9.17, 15) is 5.11 Å². The van der Waals surface area contributed by atoms with Gasteiger partial charge in [0.25, 0.3) is 0 Å². The molecule has 0 saturated carbocycles. The molecule has 0 aromatic heterocycles.